The Morgan fingerprint density at radius 2 is 1.89 bits per heavy atom. The van der Waals surface area contributed by atoms with Crippen molar-refractivity contribution in [3.63, 3.8) is 0 Å². The van der Waals surface area contributed by atoms with Crippen LogP contribution >= 0.6 is 0 Å². The van der Waals surface area contributed by atoms with Crippen LogP contribution in [0.5, 0.6) is 5.88 Å². The van der Waals surface area contributed by atoms with Gasteiger partial charge in [0.1, 0.15) is 35.2 Å². The van der Waals surface area contributed by atoms with Gasteiger partial charge in [0.2, 0.25) is 11.8 Å². The van der Waals surface area contributed by atoms with Crippen LogP contribution in [-0.2, 0) is 44.9 Å². The molecule has 1 aromatic heterocycles. The molecule has 0 radical (unpaired) electrons. The van der Waals surface area contributed by atoms with Crippen LogP contribution in [0.1, 0.15) is 72.6 Å². The van der Waals surface area contributed by atoms with Gasteiger partial charge < -0.3 is 42.2 Å². The molecule has 5 atom stereocenters. The first-order valence-electron chi connectivity index (χ1n) is 15.8. The first kappa shape index (κ1) is 37.9. The second kappa shape index (κ2) is 16.0. The fraction of sp³-hybridized carbons (Fsp3) is 0.559. The fourth-order valence-corrected chi connectivity index (χ4v) is 5.95. The van der Waals surface area contributed by atoms with Crippen LogP contribution in [-0.4, -0.2) is 81.2 Å². The van der Waals surface area contributed by atoms with Gasteiger partial charge in [-0.1, -0.05) is 54.9 Å². The predicted octanol–water partition coefficient (Wildman–Crippen LogP) is 4.08. The first-order valence-corrected chi connectivity index (χ1v) is 15.8. The number of alkyl carbamates (subject to hydrolysis) is 1. The van der Waals surface area contributed by atoms with Crippen molar-refractivity contribution in [2.24, 2.45) is 5.92 Å². The molecule has 0 spiro atoms. The van der Waals surface area contributed by atoms with Crippen LogP contribution in [0.25, 0.3) is 11.0 Å². The van der Waals surface area contributed by atoms with E-state index < -0.39 is 53.2 Å². The zero-order valence-corrected chi connectivity index (χ0v) is 30.7. The number of ether oxygens (including phenoxy) is 3. The van der Waals surface area contributed by atoms with E-state index in [1.54, 1.807) is 33.8 Å². The summed E-state index contributed by atoms with van der Waals surface area (Å²) in [5, 5.41) is 5.69. The number of aromatic nitrogens is 2. The molecule has 1 saturated carbocycles. The van der Waals surface area contributed by atoms with Gasteiger partial charge in [0.15, 0.2) is 0 Å². The maximum Gasteiger partial charge on any atom is 2.00 e. The van der Waals surface area contributed by atoms with Crippen molar-refractivity contribution in [1.82, 2.24) is 25.5 Å². The van der Waals surface area contributed by atoms with E-state index in [1.165, 1.54) is 4.90 Å². The van der Waals surface area contributed by atoms with E-state index in [1.807, 2.05) is 30.4 Å². The quantitative estimate of drug-likeness (QED) is 0.259. The van der Waals surface area contributed by atoms with E-state index in [0.29, 0.717) is 30.3 Å². The van der Waals surface area contributed by atoms with Crippen molar-refractivity contribution in [3.8, 4) is 5.88 Å². The number of allylic oxidation sites excluding steroid dienone is 1. The molecule has 1 saturated heterocycles. The zero-order chi connectivity index (χ0) is 32.2. The summed E-state index contributed by atoms with van der Waals surface area (Å²) in [6.45, 7) is 7.20. The number of nitrogens with one attached hydrogen (secondary N) is 2. The fourth-order valence-electron chi connectivity index (χ4n) is 5.95. The minimum atomic E-state index is -1.19. The van der Waals surface area contributed by atoms with Gasteiger partial charge >= 0.3 is 33.1 Å². The number of amides is 3. The van der Waals surface area contributed by atoms with Gasteiger partial charge in [-0.25, -0.2) is 14.6 Å². The smallest absolute Gasteiger partial charge is 0.488 e. The SMILES string of the molecule is CCOC(=O)[C@@]12C[C@H]1/C=C\CCCCC[C@H](NC(=O)OC(C)(C)C)C(=O)N1C[C@H](Oc3[c-]nc4ccccc4n3)C[C@H]1C(=O)N2.[CH3-].[W+2]. The maximum atomic E-state index is 14.2. The largest absolute Gasteiger partial charge is 2.00 e. The van der Waals surface area contributed by atoms with E-state index in [4.69, 9.17) is 14.2 Å². The second-order valence-corrected chi connectivity index (χ2v) is 12.9. The maximum absolute atomic E-state index is 14.2. The van der Waals surface area contributed by atoms with Crippen LogP contribution in [0, 0.1) is 19.5 Å². The Morgan fingerprint density at radius 1 is 1.15 bits per heavy atom. The molecule has 12 nitrogen and oxygen atoms in total. The van der Waals surface area contributed by atoms with Gasteiger partial charge in [-0.05, 0) is 53.4 Å². The number of hydrogen-bond acceptors (Lipinski definition) is 9. The van der Waals surface area contributed by atoms with Crippen LogP contribution in [0.4, 0.5) is 4.79 Å². The molecule has 1 aromatic carbocycles. The molecule has 2 aromatic rings. The monoisotopic (exact) mass is 819 g/mol. The molecule has 0 unspecified atom stereocenters. The van der Waals surface area contributed by atoms with Crippen LogP contribution in [0.2, 0.25) is 0 Å². The number of carbonyl (C=O) groups is 4. The van der Waals surface area contributed by atoms with Gasteiger partial charge in [0.05, 0.1) is 13.2 Å². The summed E-state index contributed by atoms with van der Waals surface area (Å²) in [6.07, 6.45) is 9.59. The van der Waals surface area contributed by atoms with E-state index in [9.17, 15) is 19.2 Å². The summed E-state index contributed by atoms with van der Waals surface area (Å²) in [6, 6.07) is 5.42. The average Bonchev–Trinajstić information content (AvgIpc) is 3.51. The number of hydrogen-bond donors (Lipinski definition) is 2. The molecule has 2 N–H and O–H groups in total. The van der Waals surface area contributed by atoms with Gasteiger partial charge in [-0.2, -0.15) is 0 Å². The van der Waals surface area contributed by atoms with Crippen LogP contribution in [0.3, 0.4) is 0 Å². The van der Waals surface area contributed by atoms with Crippen molar-refractivity contribution in [2.45, 2.75) is 102 Å². The van der Waals surface area contributed by atoms with Gasteiger partial charge in [0, 0.05) is 17.9 Å². The Kier molecular flexibility index (Phi) is 12.9. The summed E-state index contributed by atoms with van der Waals surface area (Å²) >= 11 is 0. The summed E-state index contributed by atoms with van der Waals surface area (Å²) in [4.78, 5) is 64.3. The Balaban J connectivity index is 0.00000300. The molecule has 13 heteroatoms. The first-order chi connectivity index (χ1) is 21.5. The van der Waals surface area contributed by atoms with E-state index in [-0.39, 0.29) is 59.9 Å². The van der Waals surface area contributed by atoms with Crippen LogP contribution in [0.15, 0.2) is 36.4 Å². The zero-order valence-electron chi connectivity index (χ0n) is 27.7. The van der Waals surface area contributed by atoms with Gasteiger partial charge in [-0.15, -0.1) is 6.07 Å². The standard InChI is InChI=1S/C33H42N5O7.CH3.W/c1-5-43-30(41)33-18-21(33)13-9-7-6-8-10-16-25(36-31(42)45-32(2,3)4)29(40)38-20-22(17-26(38)28(39)37-33)44-27-19-34-23-14-11-12-15-24(23)35-27;;/h9,11-15,21-22,25-26H,5-8,10,16-18,20H2,1-4H3,(H,36,42)(H,37,39);1H3;/q2*-1;+2/b13-9-;;/t21-,22-,25+,26+,33-;;/m1../s1. The summed E-state index contributed by atoms with van der Waals surface area (Å²) in [5.74, 6) is -1.46. The molecule has 47 heavy (non-hydrogen) atoms. The van der Waals surface area contributed by atoms with Crippen molar-refractivity contribution in [2.75, 3.05) is 13.2 Å². The van der Waals surface area contributed by atoms with Crippen molar-refractivity contribution < 1.29 is 54.5 Å². The molecule has 2 aliphatic heterocycles. The van der Waals surface area contributed by atoms with Gasteiger partial charge in [-0.3, -0.25) is 9.59 Å². The van der Waals surface area contributed by atoms with E-state index in [2.05, 4.69) is 26.8 Å². The van der Waals surface area contributed by atoms with Crippen molar-refractivity contribution >= 4 is 34.9 Å². The number of nitrogens with zero attached hydrogens (tertiary/aromatic N) is 3. The van der Waals surface area contributed by atoms with E-state index in [0.717, 1.165) is 19.3 Å². The predicted molar refractivity (Wildman–Crippen MR) is 170 cm³/mol. The summed E-state index contributed by atoms with van der Waals surface area (Å²) < 4.78 is 17.0. The Morgan fingerprint density at radius 3 is 2.62 bits per heavy atom. The third kappa shape index (κ3) is 9.30. The molecule has 2 fully saturated rings. The number of benzene rings is 1. The summed E-state index contributed by atoms with van der Waals surface area (Å²) in [5.41, 5.74) is -0.664. The van der Waals surface area contributed by atoms with Crippen LogP contribution < -0.4 is 15.4 Å². The molecule has 0 bridgehead atoms. The third-order valence-corrected chi connectivity index (χ3v) is 8.22. The molecule has 3 heterocycles. The topological polar surface area (TPSA) is 149 Å². The normalized spacial score (nSPS) is 26.9. The second-order valence-electron chi connectivity index (χ2n) is 12.9. The molecule has 5 rings (SSSR count). The van der Waals surface area contributed by atoms with Crippen molar-refractivity contribution in [1.29, 1.82) is 0 Å². The number of esters is 1. The average molecular weight is 820 g/mol. The Bertz CT molecular complexity index is 1460. The molecule has 254 valence electrons. The number of carbonyl (C=O) groups excluding carboxylic acids is 4. The minimum Gasteiger partial charge on any atom is -0.488 e. The summed E-state index contributed by atoms with van der Waals surface area (Å²) in [7, 11) is 0. The molecular weight excluding hydrogens is 774 g/mol. The molecule has 1 aliphatic carbocycles. The molecular formula is C34H45N5O7W. The number of rotatable bonds is 5. The number of para-hydroxylation sites is 2. The van der Waals surface area contributed by atoms with Gasteiger partial charge in [0.25, 0.3) is 0 Å². The molecule has 3 amide bonds. The van der Waals surface area contributed by atoms with E-state index >= 15 is 0 Å². The minimum absolute atomic E-state index is 0. The molecule has 3 aliphatic rings. The Hall–Kier alpha value is -3.53. The third-order valence-electron chi connectivity index (χ3n) is 8.22. The van der Waals surface area contributed by atoms with Crippen molar-refractivity contribution in [3.05, 3.63) is 50.0 Å². The Labute approximate surface area is 291 Å². The number of fused-ring (bicyclic) bond motifs is 3.